The van der Waals surface area contributed by atoms with Crippen molar-refractivity contribution in [3.8, 4) is 0 Å². The van der Waals surface area contributed by atoms with Gasteiger partial charge in [0, 0.05) is 31.9 Å². The number of carbonyl (C=O) groups excluding carboxylic acids is 2. The van der Waals surface area contributed by atoms with Crippen molar-refractivity contribution in [3.05, 3.63) is 52.2 Å². The lowest BCUT2D eigenvalue weighted by atomic mass is 10.2. The van der Waals surface area contributed by atoms with E-state index in [0.717, 1.165) is 23.7 Å². The van der Waals surface area contributed by atoms with Gasteiger partial charge in [-0.3, -0.25) is 4.79 Å². The second kappa shape index (κ2) is 6.83. The largest absolute Gasteiger partial charge is 0.465 e. The maximum atomic E-state index is 12.3. The fraction of sp³-hybridized carbons (Fsp3) is 0.294. The molecule has 1 aliphatic rings. The molecule has 0 N–H and O–H groups in total. The first-order valence-corrected chi connectivity index (χ1v) is 8.33. The van der Waals surface area contributed by atoms with E-state index in [1.807, 2.05) is 34.5 Å². The molecular weight excluding hydrogens is 312 g/mol. The van der Waals surface area contributed by atoms with Gasteiger partial charge in [0.1, 0.15) is 0 Å². The van der Waals surface area contributed by atoms with E-state index < -0.39 is 0 Å². The van der Waals surface area contributed by atoms with Crippen molar-refractivity contribution >= 4 is 28.9 Å². The first-order valence-electron chi connectivity index (χ1n) is 7.45. The maximum absolute atomic E-state index is 12.3. The number of hydrogen-bond acceptors (Lipinski definition) is 5. The van der Waals surface area contributed by atoms with Gasteiger partial charge in [-0.25, -0.2) is 4.79 Å². The molecular formula is C17H18N2O3S. The van der Waals surface area contributed by atoms with Crippen molar-refractivity contribution in [3.63, 3.8) is 0 Å². The molecule has 0 radical (unpaired) electrons. The summed E-state index contributed by atoms with van der Waals surface area (Å²) in [5.41, 5.74) is 1.60. The number of hydrogen-bond donors (Lipinski definition) is 0. The van der Waals surface area contributed by atoms with E-state index in [1.54, 1.807) is 12.1 Å². The van der Waals surface area contributed by atoms with Gasteiger partial charge in [0.25, 0.3) is 5.91 Å². The van der Waals surface area contributed by atoms with Crippen LogP contribution in [-0.2, 0) is 4.74 Å². The van der Waals surface area contributed by atoms with E-state index in [9.17, 15) is 9.59 Å². The molecule has 1 aromatic heterocycles. The van der Waals surface area contributed by atoms with Gasteiger partial charge in [0.15, 0.2) is 0 Å². The summed E-state index contributed by atoms with van der Waals surface area (Å²) in [5.74, 6) is -0.219. The van der Waals surface area contributed by atoms with Crippen LogP contribution in [0.4, 0.5) is 5.69 Å². The third kappa shape index (κ3) is 3.37. The Bertz CT molecular complexity index is 674. The zero-order valence-corrected chi connectivity index (χ0v) is 13.7. The topological polar surface area (TPSA) is 49.9 Å². The normalized spacial score (nSPS) is 14.7. The number of ether oxygens (including phenoxy) is 1. The molecule has 0 spiro atoms. The second-order valence-corrected chi connectivity index (χ2v) is 6.24. The number of carbonyl (C=O) groups is 2. The van der Waals surface area contributed by atoms with E-state index in [2.05, 4.69) is 4.90 Å². The number of thiophene rings is 1. The number of piperazine rings is 1. The van der Waals surface area contributed by atoms with Gasteiger partial charge in [-0.05, 0) is 35.7 Å². The molecule has 5 nitrogen and oxygen atoms in total. The predicted octanol–water partition coefficient (Wildman–Crippen LogP) is 2.50. The minimum atomic E-state index is -0.331. The first kappa shape index (κ1) is 15.6. The lowest BCUT2D eigenvalue weighted by Crippen LogP contribution is -2.48. The van der Waals surface area contributed by atoms with E-state index in [0.29, 0.717) is 18.7 Å². The van der Waals surface area contributed by atoms with Crippen LogP contribution in [0.15, 0.2) is 41.8 Å². The Kier molecular flexibility index (Phi) is 4.62. The summed E-state index contributed by atoms with van der Waals surface area (Å²) < 4.78 is 4.70. The Labute approximate surface area is 139 Å². The summed E-state index contributed by atoms with van der Waals surface area (Å²) in [4.78, 5) is 28.7. The molecule has 1 saturated heterocycles. The summed E-state index contributed by atoms with van der Waals surface area (Å²) in [5, 5.41) is 1.92. The molecule has 0 saturated carbocycles. The number of rotatable bonds is 3. The highest BCUT2D eigenvalue weighted by Crippen LogP contribution is 2.19. The molecule has 1 aromatic carbocycles. The zero-order chi connectivity index (χ0) is 16.2. The number of benzene rings is 1. The molecule has 2 aromatic rings. The van der Waals surface area contributed by atoms with Crippen molar-refractivity contribution in [2.24, 2.45) is 0 Å². The smallest absolute Gasteiger partial charge is 0.337 e. The summed E-state index contributed by atoms with van der Waals surface area (Å²) in [6.45, 7) is 2.98. The third-order valence-electron chi connectivity index (χ3n) is 3.95. The Balaban J connectivity index is 1.60. The first-order chi connectivity index (χ1) is 11.2. The molecule has 0 aliphatic carbocycles. The molecule has 0 unspecified atom stereocenters. The lowest BCUT2D eigenvalue weighted by Gasteiger charge is -2.36. The number of nitrogens with zero attached hydrogens (tertiary/aromatic N) is 2. The van der Waals surface area contributed by atoms with E-state index in [4.69, 9.17) is 4.74 Å². The van der Waals surface area contributed by atoms with Crippen LogP contribution >= 0.6 is 11.3 Å². The fourth-order valence-electron chi connectivity index (χ4n) is 2.65. The van der Waals surface area contributed by atoms with Gasteiger partial charge < -0.3 is 14.5 Å². The molecule has 6 heteroatoms. The molecule has 0 bridgehead atoms. The van der Waals surface area contributed by atoms with Crippen LogP contribution in [0.5, 0.6) is 0 Å². The summed E-state index contributed by atoms with van der Waals surface area (Å²) in [6, 6.07) is 11.1. The quantitative estimate of drug-likeness (QED) is 0.812. The molecule has 0 atom stereocenters. The number of amides is 1. The lowest BCUT2D eigenvalue weighted by molar-refractivity contribution is 0.0600. The Hall–Kier alpha value is -2.34. The monoisotopic (exact) mass is 330 g/mol. The summed E-state index contributed by atoms with van der Waals surface area (Å²) in [6.07, 6.45) is 0. The van der Waals surface area contributed by atoms with Crippen LogP contribution in [0.3, 0.4) is 0 Å². The van der Waals surface area contributed by atoms with Gasteiger partial charge >= 0.3 is 5.97 Å². The Morgan fingerprint density at radius 3 is 2.30 bits per heavy atom. The SMILES string of the molecule is COC(=O)c1ccc(N2CCN(C(=O)c3cccs3)CC2)cc1. The van der Waals surface area contributed by atoms with Gasteiger partial charge in [-0.15, -0.1) is 11.3 Å². The molecule has 23 heavy (non-hydrogen) atoms. The van der Waals surface area contributed by atoms with Crippen molar-refractivity contribution in [2.75, 3.05) is 38.2 Å². The van der Waals surface area contributed by atoms with Crippen LogP contribution < -0.4 is 4.90 Å². The van der Waals surface area contributed by atoms with Crippen molar-refractivity contribution in [1.29, 1.82) is 0 Å². The Morgan fingerprint density at radius 1 is 1.04 bits per heavy atom. The van der Waals surface area contributed by atoms with Gasteiger partial charge in [-0.1, -0.05) is 6.07 Å². The van der Waals surface area contributed by atoms with Gasteiger partial charge in [0.05, 0.1) is 17.6 Å². The molecule has 120 valence electrons. The van der Waals surface area contributed by atoms with Crippen LogP contribution in [0.25, 0.3) is 0 Å². The van der Waals surface area contributed by atoms with Crippen LogP contribution in [0.1, 0.15) is 20.0 Å². The highest BCUT2D eigenvalue weighted by atomic mass is 32.1. The fourth-order valence-corrected chi connectivity index (χ4v) is 3.34. The van der Waals surface area contributed by atoms with Crippen molar-refractivity contribution in [2.45, 2.75) is 0 Å². The number of methoxy groups -OCH3 is 1. The summed E-state index contributed by atoms with van der Waals surface area (Å²) in [7, 11) is 1.38. The average molecular weight is 330 g/mol. The molecule has 1 fully saturated rings. The maximum Gasteiger partial charge on any atom is 0.337 e. The standard InChI is InChI=1S/C17H18N2O3S/c1-22-17(21)13-4-6-14(7-5-13)18-8-10-19(11-9-18)16(20)15-3-2-12-23-15/h2-7,12H,8-11H2,1H3. The van der Waals surface area contributed by atoms with Crippen molar-refractivity contribution < 1.29 is 14.3 Å². The van der Waals surface area contributed by atoms with E-state index >= 15 is 0 Å². The van der Waals surface area contributed by atoms with E-state index in [-0.39, 0.29) is 11.9 Å². The van der Waals surface area contributed by atoms with Crippen LogP contribution in [0.2, 0.25) is 0 Å². The highest BCUT2D eigenvalue weighted by molar-refractivity contribution is 7.12. The zero-order valence-electron chi connectivity index (χ0n) is 12.9. The van der Waals surface area contributed by atoms with Crippen LogP contribution in [0, 0.1) is 0 Å². The minimum Gasteiger partial charge on any atom is -0.465 e. The second-order valence-electron chi connectivity index (χ2n) is 5.30. The molecule has 1 aliphatic heterocycles. The van der Waals surface area contributed by atoms with E-state index in [1.165, 1.54) is 18.4 Å². The third-order valence-corrected chi connectivity index (χ3v) is 4.81. The minimum absolute atomic E-state index is 0.112. The highest BCUT2D eigenvalue weighted by Gasteiger charge is 2.22. The van der Waals surface area contributed by atoms with Crippen LogP contribution in [-0.4, -0.2) is 50.1 Å². The molecule has 1 amide bonds. The van der Waals surface area contributed by atoms with Gasteiger partial charge in [-0.2, -0.15) is 0 Å². The molecule has 3 rings (SSSR count). The Morgan fingerprint density at radius 2 is 1.74 bits per heavy atom. The average Bonchev–Trinajstić information content (AvgIpc) is 3.15. The number of esters is 1. The van der Waals surface area contributed by atoms with Gasteiger partial charge in [0.2, 0.25) is 0 Å². The number of anilines is 1. The molecule has 2 heterocycles. The predicted molar refractivity (Wildman–Crippen MR) is 90.2 cm³/mol. The summed E-state index contributed by atoms with van der Waals surface area (Å²) >= 11 is 1.48. The van der Waals surface area contributed by atoms with Crippen molar-refractivity contribution in [1.82, 2.24) is 4.90 Å².